The van der Waals surface area contributed by atoms with Crippen molar-refractivity contribution in [2.75, 3.05) is 26.2 Å². The van der Waals surface area contributed by atoms with E-state index >= 15 is 0 Å². The van der Waals surface area contributed by atoms with E-state index in [9.17, 15) is 8.42 Å². The Balaban J connectivity index is 0.00000242. The van der Waals surface area contributed by atoms with Gasteiger partial charge in [-0.05, 0) is 59.4 Å². The topological polar surface area (TPSA) is 72.6 Å². The first-order chi connectivity index (χ1) is 9.82. The molecule has 22 heavy (non-hydrogen) atoms. The third-order valence-corrected chi connectivity index (χ3v) is 6.32. The molecule has 0 aliphatic carbocycles. The molecule has 126 valence electrons. The molecule has 1 aromatic carbocycles. The summed E-state index contributed by atoms with van der Waals surface area (Å²) in [7, 11) is -3.48. The van der Waals surface area contributed by atoms with Crippen molar-refractivity contribution in [3.63, 3.8) is 0 Å². The number of rotatable bonds is 5. The van der Waals surface area contributed by atoms with E-state index in [4.69, 9.17) is 10.5 Å². The lowest BCUT2D eigenvalue weighted by Crippen LogP contribution is -2.34. The van der Waals surface area contributed by atoms with Crippen molar-refractivity contribution in [1.82, 2.24) is 4.31 Å². The van der Waals surface area contributed by atoms with Crippen LogP contribution in [0, 0.1) is 5.41 Å². The Morgan fingerprint density at radius 2 is 2.14 bits per heavy atom. The largest absolute Gasteiger partial charge is 0.493 e. The molecule has 1 fully saturated rings. The second kappa shape index (κ2) is 7.49. The summed E-state index contributed by atoms with van der Waals surface area (Å²) in [4.78, 5) is 0.277. The summed E-state index contributed by atoms with van der Waals surface area (Å²) >= 11 is 3.36. The van der Waals surface area contributed by atoms with Gasteiger partial charge in [0.05, 0.1) is 16.0 Å². The summed E-state index contributed by atoms with van der Waals surface area (Å²) in [6.45, 7) is 5.92. The van der Waals surface area contributed by atoms with Crippen LogP contribution < -0.4 is 10.5 Å². The number of nitrogens with zero attached hydrogens (tertiary/aromatic N) is 1. The van der Waals surface area contributed by atoms with E-state index in [0.717, 1.165) is 6.42 Å². The fourth-order valence-electron chi connectivity index (χ4n) is 2.41. The molecule has 5 nitrogen and oxygen atoms in total. The van der Waals surface area contributed by atoms with Gasteiger partial charge < -0.3 is 10.5 Å². The second-order valence-electron chi connectivity index (χ2n) is 5.63. The number of hydrogen-bond acceptors (Lipinski definition) is 4. The minimum atomic E-state index is -3.48. The SMILES string of the molecule is CCOc1ccc(S(=O)(=O)N2CCC(C)(CN)C2)cc1Br.Cl. The van der Waals surface area contributed by atoms with E-state index in [1.165, 1.54) is 4.31 Å². The Morgan fingerprint density at radius 1 is 1.45 bits per heavy atom. The molecular formula is C14H22BrClN2O3S. The monoisotopic (exact) mass is 412 g/mol. The molecule has 1 atom stereocenters. The molecular weight excluding hydrogens is 392 g/mol. The summed E-state index contributed by atoms with van der Waals surface area (Å²) in [5.74, 6) is 0.643. The van der Waals surface area contributed by atoms with Gasteiger partial charge in [0.2, 0.25) is 10.0 Å². The highest BCUT2D eigenvalue weighted by Crippen LogP contribution is 2.34. The van der Waals surface area contributed by atoms with Crippen LogP contribution >= 0.6 is 28.3 Å². The molecule has 2 N–H and O–H groups in total. The van der Waals surface area contributed by atoms with E-state index in [1.807, 2.05) is 13.8 Å². The van der Waals surface area contributed by atoms with Gasteiger partial charge in [-0.2, -0.15) is 4.31 Å². The third-order valence-electron chi connectivity index (χ3n) is 3.86. The van der Waals surface area contributed by atoms with Crippen molar-refractivity contribution in [3.05, 3.63) is 22.7 Å². The van der Waals surface area contributed by atoms with Gasteiger partial charge in [0.1, 0.15) is 5.75 Å². The van der Waals surface area contributed by atoms with Crippen LogP contribution in [0.5, 0.6) is 5.75 Å². The maximum Gasteiger partial charge on any atom is 0.243 e. The zero-order valence-electron chi connectivity index (χ0n) is 12.7. The standard InChI is InChI=1S/C14H21BrN2O3S.ClH/c1-3-20-13-5-4-11(8-12(13)15)21(18,19)17-7-6-14(2,9-16)10-17;/h4-5,8H,3,6-7,9-10,16H2,1-2H3;1H. The first kappa shape index (κ1) is 19.7. The van der Waals surface area contributed by atoms with E-state index < -0.39 is 10.0 Å². The van der Waals surface area contributed by atoms with Gasteiger partial charge in [-0.15, -0.1) is 12.4 Å². The lowest BCUT2D eigenvalue weighted by Gasteiger charge is -2.22. The number of halogens is 2. The van der Waals surface area contributed by atoms with Crippen molar-refractivity contribution in [2.45, 2.75) is 25.2 Å². The fourth-order valence-corrected chi connectivity index (χ4v) is 4.68. The number of ether oxygens (including phenoxy) is 1. The molecule has 1 aliphatic heterocycles. The third kappa shape index (κ3) is 3.94. The Kier molecular flexibility index (Phi) is 6.71. The van der Waals surface area contributed by atoms with Gasteiger partial charge in [-0.25, -0.2) is 8.42 Å². The molecule has 0 saturated carbocycles. The molecule has 1 saturated heterocycles. The van der Waals surface area contributed by atoms with Crippen LogP contribution in [0.1, 0.15) is 20.3 Å². The normalized spacial score (nSPS) is 22.4. The summed E-state index contributed by atoms with van der Waals surface area (Å²) in [5.41, 5.74) is 5.61. The van der Waals surface area contributed by atoms with Gasteiger partial charge in [0.15, 0.2) is 0 Å². The van der Waals surface area contributed by atoms with Crippen molar-refractivity contribution < 1.29 is 13.2 Å². The predicted octanol–water partition coefficient (Wildman–Crippen LogP) is 2.63. The number of benzene rings is 1. The molecule has 0 amide bonds. The van der Waals surface area contributed by atoms with Crippen LogP contribution in [0.2, 0.25) is 0 Å². The summed E-state index contributed by atoms with van der Waals surface area (Å²) < 4.78 is 32.9. The average molecular weight is 414 g/mol. The first-order valence-corrected chi connectivity index (χ1v) is 9.18. The van der Waals surface area contributed by atoms with Crippen LogP contribution in [0.25, 0.3) is 0 Å². The van der Waals surface area contributed by atoms with Gasteiger partial charge in [-0.1, -0.05) is 6.92 Å². The Labute approximate surface area is 146 Å². The van der Waals surface area contributed by atoms with Crippen molar-refractivity contribution in [2.24, 2.45) is 11.1 Å². The number of hydrogen-bond donors (Lipinski definition) is 1. The molecule has 1 aliphatic rings. The highest BCUT2D eigenvalue weighted by atomic mass is 79.9. The summed E-state index contributed by atoms with van der Waals surface area (Å²) in [6.07, 6.45) is 0.793. The molecule has 1 heterocycles. The van der Waals surface area contributed by atoms with Gasteiger partial charge in [0.25, 0.3) is 0 Å². The summed E-state index contributed by atoms with van der Waals surface area (Å²) in [5, 5.41) is 0. The fraction of sp³-hybridized carbons (Fsp3) is 0.571. The first-order valence-electron chi connectivity index (χ1n) is 6.95. The van der Waals surface area contributed by atoms with Crippen LogP contribution in [0.15, 0.2) is 27.6 Å². The summed E-state index contributed by atoms with van der Waals surface area (Å²) in [6, 6.07) is 4.86. The number of sulfonamides is 1. The smallest absolute Gasteiger partial charge is 0.243 e. The molecule has 0 aromatic heterocycles. The molecule has 0 bridgehead atoms. The number of nitrogens with two attached hydrogens (primary N) is 1. The highest BCUT2D eigenvalue weighted by Gasteiger charge is 2.39. The maximum atomic E-state index is 12.7. The Bertz CT molecular complexity index is 627. The van der Waals surface area contributed by atoms with Gasteiger partial charge in [-0.3, -0.25) is 0 Å². The van der Waals surface area contributed by atoms with Crippen LogP contribution in [-0.4, -0.2) is 39.0 Å². The maximum absolute atomic E-state index is 12.7. The molecule has 0 spiro atoms. The Morgan fingerprint density at radius 3 is 2.64 bits per heavy atom. The average Bonchev–Trinajstić information content (AvgIpc) is 2.85. The zero-order chi connectivity index (χ0) is 15.7. The quantitative estimate of drug-likeness (QED) is 0.805. The lowest BCUT2D eigenvalue weighted by molar-refractivity contribution is 0.337. The van der Waals surface area contributed by atoms with E-state index in [1.54, 1.807) is 18.2 Å². The van der Waals surface area contributed by atoms with E-state index in [-0.39, 0.29) is 22.7 Å². The highest BCUT2D eigenvalue weighted by molar-refractivity contribution is 9.10. The van der Waals surface area contributed by atoms with Gasteiger partial charge >= 0.3 is 0 Å². The minimum Gasteiger partial charge on any atom is -0.493 e. The zero-order valence-corrected chi connectivity index (χ0v) is 15.9. The van der Waals surface area contributed by atoms with Crippen LogP contribution in [-0.2, 0) is 10.0 Å². The van der Waals surface area contributed by atoms with E-state index in [2.05, 4.69) is 15.9 Å². The van der Waals surface area contributed by atoms with Crippen LogP contribution in [0.3, 0.4) is 0 Å². The van der Waals surface area contributed by atoms with Crippen molar-refractivity contribution >= 4 is 38.4 Å². The predicted molar refractivity (Wildman–Crippen MR) is 93.1 cm³/mol. The van der Waals surface area contributed by atoms with Gasteiger partial charge in [0, 0.05) is 13.1 Å². The van der Waals surface area contributed by atoms with Crippen molar-refractivity contribution in [1.29, 1.82) is 0 Å². The van der Waals surface area contributed by atoms with Crippen LogP contribution in [0.4, 0.5) is 0 Å². The molecule has 2 rings (SSSR count). The second-order valence-corrected chi connectivity index (χ2v) is 8.42. The van der Waals surface area contributed by atoms with E-state index in [0.29, 0.717) is 36.5 Å². The molecule has 0 radical (unpaired) electrons. The molecule has 1 aromatic rings. The molecule has 8 heteroatoms. The lowest BCUT2D eigenvalue weighted by atomic mass is 9.90. The van der Waals surface area contributed by atoms with Crippen molar-refractivity contribution in [3.8, 4) is 5.75 Å². The minimum absolute atomic E-state index is 0. The molecule has 1 unspecified atom stereocenters. The Hall–Kier alpha value is -0.340.